The van der Waals surface area contributed by atoms with Gasteiger partial charge in [-0.25, -0.2) is 12.8 Å². The summed E-state index contributed by atoms with van der Waals surface area (Å²) in [6.45, 7) is 0. The molecule has 0 N–H and O–H groups in total. The highest BCUT2D eigenvalue weighted by atomic mass is 32.2. The van der Waals surface area contributed by atoms with Crippen LogP contribution in [0.4, 0.5) is 10.1 Å². The first kappa shape index (κ1) is 16.4. The van der Waals surface area contributed by atoms with Gasteiger partial charge in [-0.3, -0.25) is 4.79 Å². The third-order valence-corrected chi connectivity index (χ3v) is 5.19. The lowest BCUT2D eigenvalue weighted by Gasteiger charge is -2.28. The van der Waals surface area contributed by atoms with Gasteiger partial charge in [0.15, 0.2) is 9.84 Å². The summed E-state index contributed by atoms with van der Waals surface area (Å²) in [6, 6.07) is 14.1. The van der Waals surface area contributed by atoms with E-state index in [4.69, 9.17) is 0 Å². The summed E-state index contributed by atoms with van der Waals surface area (Å²) in [5.41, 5.74) is 1.31. The number of anilines is 1. The van der Waals surface area contributed by atoms with Gasteiger partial charge in [-0.1, -0.05) is 30.3 Å². The number of amides is 1. The van der Waals surface area contributed by atoms with Crippen LogP contribution in [-0.2, 0) is 21.1 Å². The van der Waals surface area contributed by atoms with Gasteiger partial charge < -0.3 is 4.90 Å². The Morgan fingerprint density at radius 2 is 1.75 bits per heavy atom. The number of carbonyl (C=O) groups is 1. The molecule has 1 heterocycles. The second-order valence-corrected chi connectivity index (χ2v) is 7.56. The Morgan fingerprint density at radius 3 is 2.33 bits per heavy atom. The highest BCUT2D eigenvalue weighted by Crippen LogP contribution is 2.24. The van der Waals surface area contributed by atoms with Gasteiger partial charge in [0.25, 0.3) is 0 Å². The summed E-state index contributed by atoms with van der Waals surface area (Å²) in [5.74, 6) is -0.811. The van der Waals surface area contributed by atoms with Crippen molar-refractivity contribution in [2.24, 2.45) is 0 Å². The summed E-state index contributed by atoms with van der Waals surface area (Å²) in [6.07, 6.45) is 1.64. The van der Waals surface area contributed by atoms with Gasteiger partial charge in [-0.2, -0.15) is 0 Å². The molecule has 1 amide bonds. The van der Waals surface area contributed by atoms with E-state index in [1.54, 1.807) is 0 Å². The van der Waals surface area contributed by atoms with Gasteiger partial charge in [0.1, 0.15) is 5.82 Å². The van der Waals surface area contributed by atoms with Crippen LogP contribution >= 0.6 is 0 Å². The molecule has 0 aromatic heterocycles. The average Bonchev–Trinajstić information content (AvgIpc) is 2.90. The van der Waals surface area contributed by atoms with Crippen molar-refractivity contribution in [3.8, 4) is 0 Å². The number of hydrogen-bond donors (Lipinski definition) is 0. The quantitative estimate of drug-likeness (QED) is 0.856. The molecule has 1 aliphatic rings. The normalized spacial score (nSPS) is 18.5. The second kappa shape index (κ2) is 6.57. The monoisotopic (exact) mass is 345 g/mol. The maximum Gasteiger partial charge on any atom is 0.231 e. The van der Waals surface area contributed by atoms with Gasteiger partial charge in [-0.15, -0.1) is 0 Å². The van der Waals surface area contributed by atoms with Gasteiger partial charge >= 0.3 is 0 Å². The van der Waals surface area contributed by atoms with E-state index in [9.17, 15) is 17.6 Å². The van der Waals surface area contributed by atoms with E-state index >= 15 is 0 Å². The highest BCUT2D eigenvalue weighted by Gasteiger charge is 2.31. The molecular formula is C18H16FNO3S. The first-order valence-corrected chi connectivity index (χ1v) is 9.19. The number of hydrogen-bond acceptors (Lipinski definition) is 3. The fourth-order valence-corrected chi connectivity index (χ4v) is 3.97. The number of sulfone groups is 1. The first-order valence-electron chi connectivity index (χ1n) is 7.47. The van der Waals surface area contributed by atoms with E-state index in [0.717, 1.165) is 11.0 Å². The van der Waals surface area contributed by atoms with Crippen molar-refractivity contribution in [1.82, 2.24) is 0 Å². The Kier molecular flexibility index (Phi) is 4.49. The van der Waals surface area contributed by atoms with E-state index in [-0.39, 0.29) is 18.1 Å². The van der Waals surface area contributed by atoms with E-state index < -0.39 is 21.7 Å². The van der Waals surface area contributed by atoms with Crippen molar-refractivity contribution in [3.05, 3.63) is 77.5 Å². The topological polar surface area (TPSA) is 54.5 Å². The minimum absolute atomic E-state index is 0.141. The Bertz CT molecular complexity index is 861. The zero-order valence-electron chi connectivity index (χ0n) is 12.8. The lowest BCUT2D eigenvalue weighted by Crippen LogP contribution is -2.42. The molecule has 0 spiro atoms. The molecule has 0 fully saturated rings. The maximum absolute atomic E-state index is 13.2. The van der Waals surface area contributed by atoms with Crippen LogP contribution in [0.15, 0.2) is 66.1 Å². The molecule has 0 saturated heterocycles. The van der Waals surface area contributed by atoms with E-state index in [1.165, 1.54) is 35.2 Å². The summed E-state index contributed by atoms with van der Waals surface area (Å²) in [5, 5.41) is 1.13. The molecule has 1 atom stereocenters. The molecule has 24 heavy (non-hydrogen) atoms. The van der Waals surface area contributed by atoms with Crippen molar-refractivity contribution < 1.29 is 17.6 Å². The molecule has 0 bridgehead atoms. The molecule has 3 rings (SSSR count). The van der Waals surface area contributed by atoms with E-state index in [1.807, 2.05) is 30.3 Å². The first-order chi connectivity index (χ1) is 11.4. The smallest absolute Gasteiger partial charge is 0.231 e. The lowest BCUT2D eigenvalue weighted by atomic mass is 10.1. The van der Waals surface area contributed by atoms with Crippen LogP contribution in [0.3, 0.4) is 0 Å². The van der Waals surface area contributed by atoms with Crippen molar-refractivity contribution >= 4 is 21.4 Å². The molecule has 4 nitrogen and oxygen atoms in total. The lowest BCUT2D eigenvalue weighted by molar-refractivity contribution is -0.118. The molecule has 0 radical (unpaired) electrons. The molecule has 0 saturated carbocycles. The van der Waals surface area contributed by atoms with Gasteiger partial charge in [-0.05, 0) is 35.9 Å². The molecule has 6 heteroatoms. The summed E-state index contributed by atoms with van der Waals surface area (Å²) >= 11 is 0. The standard InChI is InChI=1S/C18H16FNO3S/c19-15-6-8-16(9-7-15)20(17-10-11-24(22,23)13-17)18(21)12-14-4-2-1-3-5-14/h1-11,17H,12-13H2/t17-/m0/s1. The van der Waals surface area contributed by atoms with Crippen LogP contribution in [-0.4, -0.2) is 26.1 Å². The van der Waals surface area contributed by atoms with Crippen LogP contribution in [0, 0.1) is 5.82 Å². The van der Waals surface area contributed by atoms with Crippen LogP contribution < -0.4 is 4.90 Å². The third-order valence-electron chi connectivity index (χ3n) is 3.81. The number of halogens is 1. The van der Waals surface area contributed by atoms with Crippen molar-refractivity contribution in [2.45, 2.75) is 12.5 Å². The SMILES string of the molecule is O=C(Cc1ccccc1)N(c1ccc(F)cc1)[C@H]1C=CS(=O)(=O)C1. The summed E-state index contributed by atoms with van der Waals surface area (Å²) in [4.78, 5) is 14.2. The van der Waals surface area contributed by atoms with E-state index in [0.29, 0.717) is 5.69 Å². The average molecular weight is 345 g/mol. The zero-order chi connectivity index (χ0) is 17.2. The van der Waals surface area contributed by atoms with Gasteiger partial charge in [0, 0.05) is 11.1 Å². The number of nitrogens with zero attached hydrogens (tertiary/aromatic N) is 1. The minimum Gasteiger partial charge on any atom is -0.304 e. The van der Waals surface area contributed by atoms with E-state index in [2.05, 4.69) is 0 Å². The minimum atomic E-state index is -3.31. The van der Waals surface area contributed by atoms with Gasteiger partial charge in [0.05, 0.1) is 18.2 Å². The Hall–Kier alpha value is -2.47. The molecular weight excluding hydrogens is 329 g/mol. The predicted octanol–water partition coefficient (Wildman–Crippen LogP) is 2.71. The maximum atomic E-state index is 13.2. The summed E-state index contributed by atoms with van der Waals surface area (Å²) in [7, 11) is -3.31. The molecule has 2 aromatic rings. The number of rotatable bonds is 4. The Labute approximate surface area is 140 Å². The van der Waals surface area contributed by atoms with Crippen molar-refractivity contribution in [1.29, 1.82) is 0 Å². The Balaban J connectivity index is 1.91. The fraction of sp³-hybridized carbons (Fsp3) is 0.167. The predicted molar refractivity (Wildman–Crippen MR) is 90.7 cm³/mol. The Morgan fingerprint density at radius 1 is 1.08 bits per heavy atom. The highest BCUT2D eigenvalue weighted by molar-refractivity contribution is 7.94. The van der Waals surface area contributed by atoms with Gasteiger partial charge in [0.2, 0.25) is 5.91 Å². The molecule has 0 aliphatic carbocycles. The molecule has 1 aliphatic heterocycles. The number of carbonyl (C=O) groups excluding carboxylic acids is 1. The van der Waals surface area contributed by atoms with Crippen molar-refractivity contribution in [3.63, 3.8) is 0 Å². The van der Waals surface area contributed by atoms with Crippen LogP contribution in [0.25, 0.3) is 0 Å². The fourth-order valence-electron chi connectivity index (χ4n) is 2.70. The zero-order valence-corrected chi connectivity index (χ0v) is 13.6. The molecule has 2 aromatic carbocycles. The third kappa shape index (κ3) is 3.71. The van der Waals surface area contributed by atoms with Crippen LogP contribution in [0.1, 0.15) is 5.56 Å². The van der Waals surface area contributed by atoms with Crippen LogP contribution in [0.2, 0.25) is 0 Å². The summed E-state index contributed by atoms with van der Waals surface area (Å²) < 4.78 is 36.6. The molecule has 0 unspecified atom stereocenters. The molecule has 124 valence electrons. The second-order valence-electron chi connectivity index (χ2n) is 5.63. The van der Waals surface area contributed by atoms with Crippen molar-refractivity contribution in [2.75, 3.05) is 10.7 Å². The largest absolute Gasteiger partial charge is 0.304 e. The number of benzene rings is 2. The van der Waals surface area contributed by atoms with Crippen LogP contribution in [0.5, 0.6) is 0 Å².